The standard InChI is InChI=1S/C14H10BrN3O/c15-8-4-3-5-9(16)12(8)13-14(19)18-11-7-2-1-6-10(11)17-13/h1-7H,16H2,(H,18,19). The number of halogens is 1. The Balaban J connectivity index is 2.37. The molecule has 0 unspecified atom stereocenters. The van der Waals surface area contributed by atoms with Crippen LogP contribution in [-0.2, 0) is 0 Å². The monoisotopic (exact) mass is 315 g/mol. The Labute approximate surface area is 117 Å². The molecule has 3 N–H and O–H groups in total. The van der Waals surface area contributed by atoms with Crippen molar-refractivity contribution in [3.63, 3.8) is 0 Å². The average Bonchev–Trinajstić information content (AvgIpc) is 2.39. The Kier molecular flexibility index (Phi) is 2.83. The van der Waals surface area contributed by atoms with Crippen molar-refractivity contribution in [3.8, 4) is 11.3 Å². The SMILES string of the molecule is Nc1cccc(Br)c1-c1nc2ccccc2[nH]c1=O. The number of H-pyrrole nitrogens is 1. The fourth-order valence-electron chi connectivity index (χ4n) is 1.99. The molecule has 1 aromatic heterocycles. The molecule has 0 saturated heterocycles. The van der Waals surface area contributed by atoms with Gasteiger partial charge in [-0.15, -0.1) is 0 Å². The predicted octanol–water partition coefficient (Wildman–Crippen LogP) is 2.93. The number of para-hydroxylation sites is 2. The first kappa shape index (κ1) is 11.9. The number of nitrogen functional groups attached to an aromatic ring is 1. The highest BCUT2D eigenvalue weighted by Gasteiger charge is 2.13. The fourth-order valence-corrected chi connectivity index (χ4v) is 2.56. The van der Waals surface area contributed by atoms with Crippen molar-refractivity contribution in [2.75, 3.05) is 5.73 Å². The summed E-state index contributed by atoms with van der Waals surface area (Å²) in [7, 11) is 0. The zero-order valence-corrected chi connectivity index (χ0v) is 11.4. The molecule has 4 nitrogen and oxygen atoms in total. The Morgan fingerprint density at radius 2 is 1.89 bits per heavy atom. The van der Waals surface area contributed by atoms with Gasteiger partial charge in [-0.3, -0.25) is 4.79 Å². The van der Waals surface area contributed by atoms with Crippen molar-refractivity contribution >= 4 is 32.7 Å². The lowest BCUT2D eigenvalue weighted by Crippen LogP contribution is -2.12. The summed E-state index contributed by atoms with van der Waals surface area (Å²) >= 11 is 3.41. The number of nitrogens with one attached hydrogen (secondary N) is 1. The number of aromatic amines is 1. The number of aromatic nitrogens is 2. The molecule has 0 saturated carbocycles. The number of nitrogens with zero attached hydrogens (tertiary/aromatic N) is 1. The average molecular weight is 316 g/mol. The van der Waals surface area contributed by atoms with Gasteiger partial charge in [-0.1, -0.05) is 34.1 Å². The molecular weight excluding hydrogens is 306 g/mol. The minimum atomic E-state index is -0.252. The smallest absolute Gasteiger partial charge is 0.275 e. The van der Waals surface area contributed by atoms with Gasteiger partial charge in [-0.2, -0.15) is 0 Å². The van der Waals surface area contributed by atoms with Gasteiger partial charge in [0.15, 0.2) is 0 Å². The summed E-state index contributed by atoms with van der Waals surface area (Å²) in [5, 5.41) is 0. The van der Waals surface area contributed by atoms with Gasteiger partial charge < -0.3 is 10.7 Å². The molecule has 5 heteroatoms. The van der Waals surface area contributed by atoms with Gasteiger partial charge in [-0.05, 0) is 24.3 Å². The van der Waals surface area contributed by atoms with E-state index in [1.165, 1.54) is 0 Å². The van der Waals surface area contributed by atoms with E-state index in [9.17, 15) is 4.79 Å². The maximum Gasteiger partial charge on any atom is 0.275 e. The van der Waals surface area contributed by atoms with E-state index in [-0.39, 0.29) is 5.56 Å². The lowest BCUT2D eigenvalue weighted by Gasteiger charge is -2.07. The number of anilines is 1. The van der Waals surface area contributed by atoms with Crippen LogP contribution in [0, 0.1) is 0 Å². The zero-order chi connectivity index (χ0) is 13.4. The van der Waals surface area contributed by atoms with E-state index in [1.807, 2.05) is 36.4 Å². The summed E-state index contributed by atoms with van der Waals surface area (Å²) in [6, 6.07) is 12.8. The molecule has 0 fully saturated rings. The minimum absolute atomic E-state index is 0.252. The second-order valence-corrected chi connectivity index (χ2v) is 4.99. The number of hydrogen-bond donors (Lipinski definition) is 2. The first-order chi connectivity index (χ1) is 9.16. The summed E-state index contributed by atoms with van der Waals surface area (Å²) in [4.78, 5) is 19.4. The van der Waals surface area contributed by atoms with Crippen molar-refractivity contribution in [2.24, 2.45) is 0 Å². The van der Waals surface area contributed by atoms with E-state index in [0.29, 0.717) is 22.5 Å². The molecule has 0 atom stereocenters. The van der Waals surface area contributed by atoms with Crippen LogP contribution in [0.4, 0.5) is 5.69 Å². The maximum absolute atomic E-state index is 12.1. The molecule has 19 heavy (non-hydrogen) atoms. The Bertz CT molecular complexity index is 806. The summed E-state index contributed by atoms with van der Waals surface area (Å²) in [5.41, 5.74) is 8.59. The van der Waals surface area contributed by atoms with Crippen LogP contribution in [0.15, 0.2) is 51.7 Å². The van der Waals surface area contributed by atoms with E-state index in [1.54, 1.807) is 6.07 Å². The molecule has 1 heterocycles. The molecule has 0 spiro atoms. The van der Waals surface area contributed by atoms with Crippen LogP contribution in [0.25, 0.3) is 22.3 Å². The third kappa shape index (κ3) is 2.02. The van der Waals surface area contributed by atoms with E-state index in [4.69, 9.17) is 5.73 Å². The Morgan fingerprint density at radius 3 is 2.68 bits per heavy atom. The minimum Gasteiger partial charge on any atom is -0.398 e. The van der Waals surface area contributed by atoms with E-state index in [2.05, 4.69) is 25.9 Å². The second-order valence-electron chi connectivity index (χ2n) is 4.14. The van der Waals surface area contributed by atoms with Crippen LogP contribution in [0.3, 0.4) is 0 Å². The van der Waals surface area contributed by atoms with Gasteiger partial charge in [0.05, 0.1) is 11.0 Å². The van der Waals surface area contributed by atoms with Gasteiger partial charge in [-0.25, -0.2) is 4.98 Å². The lowest BCUT2D eigenvalue weighted by atomic mass is 10.1. The normalized spacial score (nSPS) is 10.8. The summed E-state index contributed by atoms with van der Waals surface area (Å²) in [6.07, 6.45) is 0. The van der Waals surface area contributed by atoms with Crippen molar-refractivity contribution in [3.05, 3.63) is 57.3 Å². The highest BCUT2D eigenvalue weighted by molar-refractivity contribution is 9.10. The van der Waals surface area contributed by atoms with Crippen molar-refractivity contribution in [2.45, 2.75) is 0 Å². The van der Waals surface area contributed by atoms with Crippen LogP contribution >= 0.6 is 15.9 Å². The Morgan fingerprint density at radius 1 is 1.11 bits per heavy atom. The zero-order valence-electron chi connectivity index (χ0n) is 9.85. The highest BCUT2D eigenvalue weighted by Crippen LogP contribution is 2.30. The largest absolute Gasteiger partial charge is 0.398 e. The van der Waals surface area contributed by atoms with Crippen molar-refractivity contribution in [1.82, 2.24) is 9.97 Å². The van der Waals surface area contributed by atoms with Crippen LogP contribution in [0.1, 0.15) is 0 Å². The molecule has 3 rings (SSSR count). The number of nitrogens with two attached hydrogens (primary N) is 1. The molecule has 94 valence electrons. The molecule has 2 aromatic carbocycles. The van der Waals surface area contributed by atoms with E-state index >= 15 is 0 Å². The topological polar surface area (TPSA) is 71.8 Å². The quantitative estimate of drug-likeness (QED) is 0.678. The molecule has 0 aliphatic carbocycles. The van der Waals surface area contributed by atoms with E-state index in [0.717, 1.165) is 9.99 Å². The molecule has 0 aliphatic rings. The molecule has 0 bridgehead atoms. The fraction of sp³-hybridized carbons (Fsp3) is 0. The highest BCUT2D eigenvalue weighted by atomic mass is 79.9. The number of fused-ring (bicyclic) bond motifs is 1. The molecule has 0 aliphatic heterocycles. The predicted molar refractivity (Wildman–Crippen MR) is 79.9 cm³/mol. The third-order valence-corrected chi connectivity index (χ3v) is 3.54. The van der Waals surface area contributed by atoms with Gasteiger partial charge in [0.25, 0.3) is 5.56 Å². The third-order valence-electron chi connectivity index (χ3n) is 2.88. The maximum atomic E-state index is 12.1. The van der Waals surface area contributed by atoms with Gasteiger partial charge in [0, 0.05) is 15.7 Å². The molecule has 0 radical (unpaired) electrons. The van der Waals surface area contributed by atoms with Crippen LogP contribution < -0.4 is 11.3 Å². The first-order valence-electron chi connectivity index (χ1n) is 5.70. The first-order valence-corrected chi connectivity index (χ1v) is 6.49. The summed E-state index contributed by atoms with van der Waals surface area (Å²) in [5.74, 6) is 0. The summed E-state index contributed by atoms with van der Waals surface area (Å²) in [6.45, 7) is 0. The molecule has 0 amide bonds. The number of benzene rings is 2. The Hall–Kier alpha value is -2.14. The summed E-state index contributed by atoms with van der Waals surface area (Å²) < 4.78 is 0.751. The van der Waals surface area contributed by atoms with E-state index < -0.39 is 0 Å². The lowest BCUT2D eigenvalue weighted by molar-refractivity contribution is 1.22. The van der Waals surface area contributed by atoms with Gasteiger partial charge >= 0.3 is 0 Å². The molecule has 3 aromatic rings. The number of rotatable bonds is 1. The van der Waals surface area contributed by atoms with Crippen LogP contribution in [0.2, 0.25) is 0 Å². The van der Waals surface area contributed by atoms with Crippen molar-refractivity contribution in [1.29, 1.82) is 0 Å². The van der Waals surface area contributed by atoms with Crippen LogP contribution in [-0.4, -0.2) is 9.97 Å². The van der Waals surface area contributed by atoms with Gasteiger partial charge in [0.1, 0.15) is 5.69 Å². The van der Waals surface area contributed by atoms with Gasteiger partial charge in [0.2, 0.25) is 0 Å². The number of hydrogen-bond acceptors (Lipinski definition) is 3. The molecular formula is C14H10BrN3O. The second kappa shape index (κ2) is 4.51. The van der Waals surface area contributed by atoms with Crippen LogP contribution in [0.5, 0.6) is 0 Å². The van der Waals surface area contributed by atoms with Crippen molar-refractivity contribution < 1.29 is 0 Å².